The van der Waals surface area contributed by atoms with Gasteiger partial charge >= 0.3 is 0 Å². The van der Waals surface area contributed by atoms with E-state index in [2.05, 4.69) is 11.4 Å². The van der Waals surface area contributed by atoms with Crippen LogP contribution in [0.5, 0.6) is 0 Å². The number of nitrogens with one attached hydrogen (secondary N) is 1. The molecule has 1 aliphatic carbocycles. The first-order valence-electron chi connectivity index (χ1n) is 6.48. The molecule has 0 heterocycles. The quantitative estimate of drug-likeness (QED) is 0.761. The lowest BCUT2D eigenvalue weighted by atomic mass is 9.71. The van der Waals surface area contributed by atoms with E-state index in [0.29, 0.717) is 19.5 Å². The maximum Gasteiger partial charge on any atom is 0.220 e. The molecule has 0 radical (unpaired) electrons. The van der Waals surface area contributed by atoms with Gasteiger partial charge in [0.1, 0.15) is 0 Å². The second kappa shape index (κ2) is 6.61. The standard InChI is InChI=1S/C13H23N3O/c1-11(8-14)9-16-12(17)7-13(10-15)5-3-2-4-6-13/h11H,2-7,9-10,15H2,1H3,(H,16,17). The van der Waals surface area contributed by atoms with Gasteiger partial charge in [0.2, 0.25) is 5.91 Å². The van der Waals surface area contributed by atoms with Gasteiger partial charge < -0.3 is 11.1 Å². The van der Waals surface area contributed by atoms with Crippen LogP contribution in [0.2, 0.25) is 0 Å². The van der Waals surface area contributed by atoms with E-state index in [9.17, 15) is 4.79 Å². The van der Waals surface area contributed by atoms with E-state index in [-0.39, 0.29) is 17.2 Å². The summed E-state index contributed by atoms with van der Waals surface area (Å²) in [6.45, 7) is 2.84. The molecule has 1 fully saturated rings. The van der Waals surface area contributed by atoms with Gasteiger partial charge in [0, 0.05) is 13.0 Å². The molecule has 17 heavy (non-hydrogen) atoms. The van der Waals surface area contributed by atoms with Crippen molar-refractivity contribution in [2.24, 2.45) is 17.1 Å². The Morgan fingerprint density at radius 1 is 1.47 bits per heavy atom. The fourth-order valence-corrected chi connectivity index (χ4v) is 2.47. The van der Waals surface area contributed by atoms with Crippen molar-refractivity contribution in [3.05, 3.63) is 0 Å². The number of nitriles is 1. The smallest absolute Gasteiger partial charge is 0.220 e. The number of amides is 1. The average molecular weight is 237 g/mol. The van der Waals surface area contributed by atoms with Gasteiger partial charge in [-0.2, -0.15) is 5.26 Å². The number of carbonyl (C=O) groups excluding carboxylic acids is 1. The van der Waals surface area contributed by atoms with E-state index in [4.69, 9.17) is 11.0 Å². The minimum atomic E-state index is -0.126. The molecule has 96 valence electrons. The number of rotatable bonds is 5. The normalized spacial score (nSPS) is 20.3. The van der Waals surface area contributed by atoms with E-state index in [0.717, 1.165) is 12.8 Å². The Morgan fingerprint density at radius 3 is 2.65 bits per heavy atom. The molecule has 1 amide bonds. The third kappa shape index (κ3) is 4.35. The van der Waals surface area contributed by atoms with Crippen LogP contribution in [-0.4, -0.2) is 19.0 Å². The van der Waals surface area contributed by atoms with Gasteiger partial charge in [-0.05, 0) is 31.7 Å². The first-order valence-corrected chi connectivity index (χ1v) is 6.48. The Balaban J connectivity index is 2.40. The summed E-state index contributed by atoms with van der Waals surface area (Å²) in [5.74, 6) is -0.0846. The Morgan fingerprint density at radius 2 is 2.12 bits per heavy atom. The molecule has 4 heteroatoms. The predicted molar refractivity (Wildman–Crippen MR) is 67.0 cm³/mol. The summed E-state index contributed by atoms with van der Waals surface area (Å²) in [5, 5.41) is 11.5. The molecule has 0 spiro atoms. The number of hydrogen-bond acceptors (Lipinski definition) is 3. The van der Waals surface area contributed by atoms with Gasteiger partial charge in [0.15, 0.2) is 0 Å². The summed E-state index contributed by atoms with van der Waals surface area (Å²) in [5.41, 5.74) is 5.85. The summed E-state index contributed by atoms with van der Waals surface area (Å²) in [6, 6.07) is 2.11. The molecule has 0 aliphatic heterocycles. The maximum absolute atomic E-state index is 11.8. The van der Waals surface area contributed by atoms with Crippen LogP contribution >= 0.6 is 0 Å². The molecule has 0 bridgehead atoms. The molecule has 1 aliphatic rings. The highest BCUT2D eigenvalue weighted by Crippen LogP contribution is 2.38. The van der Waals surface area contributed by atoms with Crippen LogP contribution in [-0.2, 0) is 4.79 Å². The van der Waals surface area contributed by atoms with Crippen molar-refractivity contribution in [2.75, 3.05) is 13.1 Å². The van der Waals surface area contributed by atoms with Crippen molar-refractivity contribution >= 4 is 5.91 Å². The number of carbonyl (C=O) groups is 1. The minimum Gasteiger partial charge on any atom is -0.355 e. The molecule has 0 aromatic rings. The second-order valence-corrected chi connectivity index (χ2v) is 5.28. The van der Waals surface area contributed by atoms with E-state index in [1.807, 2.05) is 0 Å². The first-order chi connectivity index (χ1) is 8.12. The number of nitrogens with two attached hydrogens (primary N) is 1. The highest BCUT2D eigenvalue weighted by Gasteiger charge is 2.32. The van der Waals surface area contributed by atoms with Crippen molar-refractivity contribution in [1.29, 1.82) is 5.26 Å². The highest BCUT2D eigenvalue weighted by molar-refractivity contribution is 5.76. The van der Waals surface area contributed by atoms with Crippen LogP contribution in [0.4, 0.5) is 0 Å². The van der Waals surface area contributed by atoms with Crippen LogP contribution < -0.4 is 11.1 Å². The van der Waals surface area contributed by atoms with Crippen LogP contribution in [0.25, 0.3) is 0 Å². The molecule has 0 aromatic carbocycles. The van der Waals surface area contributed by atoms with Crippen molar-refractivity contribution < 1.29 is 4.79 Å². The molecule has 1 unspecified atom stereocenters. The van der Waals surface area contributed by atoms with Gasteiger partial charge in [0.05, 0.1) is 12.0 Å². The van der Waals surface area contributed by atoms with E-state index >= 15 is 0 Å². The Bertz CT molecular complexity index is 290. The van der Waals surface area contributed by atoms with E-state index in [1.165, 1.54) is 19.3 Å². The zero-order valence-electron chi connectivity index (χ0n) is 10.7. The zero-order chi connectivity index (χ0) is 12.7. The Hall–Kier alpha value is -1.08. The second-order valence-electron chi connectivity index (χ2n) is 5.28. The fraction of sp³-hybridized carbons (Fsp3) is 0.846. The summed E-state index contributed by atoms with van der Waals surface area (Å²) in [6.07, 6.45) is 6.25. The lowest BCUT2D eigenvalue weighted by Gasteiger charge is -2.35. The molecule has 0 saturated heterocycles. The molecule has 1 saturated carbocycles. The molecular weight excluding hydrogens is 214 g/mol. The molecular formula is C13H23N3O. The number of hydrogen-bond donors (Lipinski definition) is 2. The van der Waals surface area contributed by atoms with Crippen LogP contribution in [0.3, 0.4) is 0 Å². The third-order valence-corrected chi connectivity index (χ3v) is 3.71. The zero-order valence-corrected chi connectivity index (χ0v) is 10.7. The summed E-state index contributed by atoms with van der Waals surface area (Å²) in [4.78, 5) is 11.8. The topological polar surface area (TPSA) is 78.9 Å². The lowest BCUT2D eigenvalue weighted by molar-refractivity contribution is -0.124. The van der Waals surface area contributed by atoms with Gasteiger partial charge in [0.25, 0.3) is 0 Å². The van der Waals surface area contributed by atoms with Gasteiger partial charge in [-0.15, -0.1) is 0 Å². The van der Waals surface area contributed by atoms with Crippen molar-refractivity contribution in [3.8, 4) is 6.07 Å². The minimum absolute atomic E-state index is 0.0121. The highest BCUT2D eigenvalue weighted by atomic mass is 16.1. The van der Waals surface area contributed by atoms with Gasteiger partial charge in [-0.1, -0.05) is 19.3 Å². The Kier molecular flexibility index (Phi) is 5.43. The molecule has 1 atom stereocenters. The maximum atomic E-state index is 11.8. The van der Waals surface area contributed by atoms with Gasteiger partial charge in [-0.25, -0.2) is 0 Å². The van der Waals surface area contributed by atoms with Crippen LogP contribution in [0.15, 0.2) is 0 Å². The molecule has 0 aromatic heterocycles. The van der Waals surface area contributed by atoms with Crippen LogP contribution in [0, 0.1) is 22.7 Å². The third-order valence-electron chi connectivity index (χ3n) is 3.71. The first kappa shape index (κ1) is 14.0. The SMILES string of the molecule is CC(C#N)CNC(=O)CC1(CN)CCCCC1. The van der Waals surface area contributed by atoms with Crippen molar-refractivity contribution in [2.45, 2.75) is 45.4 Å². The summed E-state index contributed by atoms with van der Waals surface area (Å²) >= 11 is 0. The van der Waals surface area contributed by atoms with E-state index < -0.39 is 0 Å². The average Bonchev–Trinajstić information content (AvgIpc) is 2.37. The monoisotopic (exact) mass is 237 g/mol. The molecule has 4 nitrogen and oxygen atoms in total. The van der Waals surface area contributed by atoms with Crippen molar-refractivity contribution in [1.82, 2.24) is 5.32 Å². The lowest BCUT2D eigenvalue weighted by Crippen LogP contribution is -2.39. The Labute approximate surface area is 104 Å². The summed E-state index contributed by atoms with van der Waals surface area (Å²) in [7, 11) is 0. The summed E-state index contributed by atoms with van der Waals surface area (Å²) < 4.78 is 0. The van der Waals surface area contributed by atoms with Gasteiger partial charge in [-0.3, -0.25) is 4.79 Å². The molecule has 1 rings (SSSR count). The largest absolute Gasteiger partial charge is 0.355 e. The number of nitrogens with zero attached hydrogens (tertiary/aromatic N) is 1. The van der Waals surface area contributed by atoms with E-state index in [1.54, 1.807) is 6.92 Å². The molecule has 3 N–H and O–H groups in total. The predicted octanol–water partition coefficient (Wildman–Crippen LogP) is 1.56. The van der Waals surface area contributed by atoms with Crippen molar-refractivity contribution in [3.63, 3.8) is 0 Å². The van der Waals surface area contributed by atoms with Crippen LogP contribution in [0.1, 0.15) is 45.4 Å². The fourth-order valence-electron chi connectivity index (χ4n) is 2.47.